The number of rotatable bonds is 6. The fourth-order valence-electron chi connectivity index (χ4n) is 5.87. The van der Waals surface area contributed by atoms with Gasteiger partial charge in [-0.25, -0.2) is 4.79 Å². The van der Waals surface area contributed by atoms with E-state index < -0.39 is 5.97 Å². The summed E-state index contributed by atoms with van der Waals surface area (Å²) in [4.78, 5) is 13.9. The van der Waals surface area contributed by atoms with E-state index in [9.17, 15) is 9.90 Å². The van der Waals surface area contributed by atoms with Crippen LogP contribution in [0.1, 0.15) is 76.4 Å². The summed E-state index contributed by atoms with van der Waals surface area (Å²) >= 11 is 6.59. The minimum Gasteiger partial charge on any atom is -0.478 e. The van der Waals surface area contributed by atoms with E-state index in [-0.39, 0.29) is 6.10 Å². The quantitative estimate of drug-likeness (QED) is 0.418. The van der Waals surface area contributed by atoms with Crippen LogP contribution in [0.25, 0.3) is 11.3 Å². The molecule has 36 heavy (non-hydrogen) atoms. The number of carboxylic acids is 1. The van der Waals surface area contributed by atoms with Crippen LogP contribution in [0.5, 0.6) is 0 Å². The van der Waals surface area contributed by atoms with Gasteiger partial charge in [0.1, 0.15) is 11.5 Å². The summed E-state index contributed by atoms with van der Waals surface area (Å²) in [6, 6.07) is 11.9. The van der Waals surface area contributed by atoms with Crippen molar-refractivity contribution >= 4 is 17.6 Å². The van der Waals surface area contributed by atoms with Crippen molar-refractivity contribution < 1.29 is 19.2 Å². The first-order chi connectivity index (χ1) is 17.5. The van der Waals surface area contributed by atoms with Crippen molar-refractivity contribution in [1.29, 1.82) is 0 Å². The molecule has 1 N–H and O–H groups in total. The Hall–Kier alpha value is -2.67. The van der Waals surface area contributed by atoms with Crippen LogP contribution in [0.3, 0.4) is 0 Å². The average Bonchev–Trinajstić information content (AvgIpc) is 3.65. The SMILES string of the molecule is Cc1cccc(Cl)c1-c1noc(C2CC2)c1COC1CCN2Cc3cc(C(=O)O)ccc3CCC2C1. The minimum absolute atomic E-state index is 0.171. The molecule has 3 aromatic rings. The normalized spacial score (nSPS) is 22.1. The summed E-state index contributed by atoms with van der Waals surface area (Å²) in [5.74, 6) is 0.530. The Morgan fingerprint density at radius 3 is 2.83 bits per heavy atom. The molecule has 0 radical (unpaired) electrons. The molecule has 6 rings (SSSR count). The Morgan fingerprint density at radius 2 is 2.06 bits per heavy atom. The highest BCUT2D eigenvalue weighted by molar-refractivity contribution is 6.33. The molecule has 7 heteroatoms. The lowest BCUT2D eigenvalue weighted by molar-refractivity contribution is -0.0270. The molecule has 2 atom stereocenters. The van der Waals surface area contributed by atoms with Crippen LogP contribution in [0.15, 0.2) is 40.9 Å². The van der Waals surface area contributed by atoms with Crippen LogP contribution in [-0.4, -0.2) is 39.8 Å². The lowest BCUT2D eigenvalue weighted by Gasteiger charge is -2.38. The van der Waals surface area contributed by atoms with Crippen LogP contribution in [0.4, 0.5) is 0 Å². The second-order valence-electron chi connectivity index (χ2n) is 10.5. The summed E-state index contributed by atoms with van der Waals surface area (Å²) in [6.45, 7) is 4.29. The largest absolute Gasteiger partial charge is 0.478 e. The molecule has 2 aliphatic heterocycles. The molecule has 3 heterocycles. The molecular formula is C29H31ClN2O4. The van der Waals surface area contributed by atoms with Crippen LogP contribution in [-0.2, 0) is 24.3 Å². The summed E-state index contributed by atoms with van der Waals surface area (Å²) in [5.41, 5.74) is 6.67. The van der Waals surface area contributed by atoms with Crippen molar-refractivity contribution in [3.63, 3.8) is 0 Å². The molecule has 2 fully saturated rings. The number of aryl methyl sites for hydroxylation is 2. The number of nitrogens with zero attached hydrogens (tertiary/aromatic N) is 2. The summed E-state index contributed by atoms with van der Waals surface area (Å²) in [7, 11) is 0. The molecule has 188 valence electrons. The van der Waals surface area contributed by atoms with Gasteiger partial charge in [-0.2, -0.15) is 0 Å². The molecule has 6 nitrogen and oxygen atoms in total. The summed E-state index contributed by atoms with van der Waals surface area (Å²) < 4.78 is 12.4. The number of benzene rings is 2. The number of halogens is 1. The fourth-order valence-corrected chi connectivity index (χ4v) is 6.18. The highest BCUT2D eigenvalue weighted by atomic mass is 35.5. The van der Waals surface area contributed by atoms with E-state index in [0.717, 1.165) is 85.3 Å². The third kappa shape index (κ3) is 4.58. The van der Waals surface area contributed by atoms with Gasteiger partial charge in [0.15, 0.2) is 0 Å². The number of carbonyl (C=O) groups is 1. The molecule has 1 saturated heterocycles. The Bertz CT molecular complexity index is 1280. The second-order valence-corrected chi connectivity index (χ2v) is 10.9. The fraction of sp³-hybridized carbons (Fsp3) is 0.448. The number of fused-ring (bicyclic) bond motifs is 2. The summed E-state index contributed by atoms with van der Waals surface area (Å²) in [5, 5.41) is 14.5. The zero-order valence-electron chi connectivity index (χ0n) is 20.5. The first kappa shape index (κ1) is 23.7. The predicted octanol–water partition coefficient (Wildman–Crippen LogP) is 6.38. The van der Waals surface area contributed by atoms with E-state index in [2.05, 4.69) is 23.0 Å². The standard InChI is InChI=1S/C29H31ClN2O4/c1-17-3-2-4-25(30)26(17)27-24(28(36-31-27)19-6-7-19)16-35-23-11-12-32-15-21-13-20(29(33)34)8-5-18(21)9-10-22(32)14-23/h2-5,8,13,19,22-23H,6-7,9-12,14-16H2,1H3,(H,33,34). The van der Waals surface area contributed by atoms with E-state index in [4.69, 9.17) is 20.9 Å². The highest BCUT2D eigenvalue weighted by Crippen LogP contribution is 2.45. The molecule has 3 aliphatic rings. The smallest absolute Gasteiger partial charge is 0.335 e. The predicted molar refractivity (Wildman–Crippen MR) is 137 cm³/mol. The molecule has 0 spiro atoms. The van der Waals surface area contributed by atoms with Crippen molar-refractivity contribution in [2.24, 2.45) is 0 Å². The van der Waals surface area contributed by atoms with Crippen molar-refractivity contribution in [2.45, 2.75) is 76.7 Å². The van der Waals surface area contributed by atoms with E-state index >= 15 is 0 Å². The second kappa shape index (κ2) is 9.66. The number of carboxylic acid groups (broad SMARTS) is 1. The highest BCUT2D eigenvalue weighted by Gasteiger charge is 2.35. The monoisotopic (exact) mass is 506 g/mol. The van der Waals surface area contributed by atoms with Crippen LogP contribution < -0.4 is 0 Å². The van der Waals surface area contributed by atoms with Crippen LogP contribution >= 0.6 is 11.6 Å². The van der Waals surface area contributed by atoms with Gasteiger partial charge in [0.05, 0.1) is 23.3 Å². The Morgan fingerprint density at radius 1 is 1.19 bits per heavy atom. The maximum Gasteiger partial charge on any atom is 0.335 e. The van der Waals surface area contributed by atoms with E-state index in [0.29, 0.717) is 29.2 Å². The van der Waals surface area contributed by atoms with Gasteiger partial charge in [-0.1, -0.05) is 35.0 Å². The van der Waals surface area contributed by atoms with E-state index in [1.54, 1.807) is 6.07 Å². The van der Waals surface area contributed by atoms with Gasteiger partial charge in [-0.3, -0.25) is 4.90 Å². The minimum atomic E-state index is -0.864. The van der Waals surface area contributed by atoms with Gasteiger partial charge >= 0.3 is 5.97 Å². The van der Waals surface area contributed by atoms with Gasteiger partial charge in [-0.05, 0) is 80.3 Å². The maximum absolute atomic E-state index is 11.4. The lowest BCUT2D eigenvalue weighted by atomic mass is 9.95. The van der Waals surface area contributed by atoms with E-state index in [1.165, 1.54) is 5.56 Å². The van der Waals surface area contributed by atoms with Gasteiger partial charge < -0.3 is 14.4 Å². The molecule has 2 aromatic carbocycles. The van der Waals surface area contributed by atoms with Crippen LogP contribution in [0.2, 0.25) is 5.02 Å². The Labute approximate surface area is 216 Å². The topological polar surface area (TPSA) is 75.8 Å². The van der Waals surface area contributed by atoms with Crippen molar-refractivity contribution in [1.82, 2.24) is 10.1 Å². The number of piperidine rings is 1. The third-order valence-corrected chi connectivity index (χ3v) is 8.37. The molecular weight excluding hydrogens is 476 g/mol. The van der Waals surface area contributed by atoms with Crippen molar-refractivity contribution in [2.75, 3.05) is 6.54 Å². The number of hydrogen-bond acceptors (Lipinski definition) is 5. The van der Waals surface area contributed by atoms with Gasteiger partial charge in [0.25, 0.3) is 0 Å². The lowest BCUT2D eigenvalue weighted by Crippen LogP contribution is -2.43. The number of ether oxygens (including phenoxy) is 1. The van der Waals surface area contributed by atoms with Crippen molar-refractivity contribution in [3.05, 3.63) is 75.0 Å². The molecule has 1 aromatic heterocycles. The number of hydrogen-bond donors (Lipinski definition) is 1. The maximum atomic E-state index is 11.4. The number of aromatic nitrogens is 1. The van der Waals surface area contributed by atoms with Crippen molar-refractivity contribution in [3.8, 4) is 11.3 Å². The van der Waals surface area contributed by atoms with Gasteiger partial charge in [-0.15, -0.1) is 0 Å². The van der Waals surface area contributed by atoms with E-state index in [1.807, 2.05) is 24.3 Å². The molecule has 0 bridgehead atoms. The third-order valence-electron chi connectivity index (χ3n) is 8.05. The number of aromatic carboxylic acids is 1. The molecule has 1 saturated carbocycles. The van der Waals surface area contributed by atoms with Gasteiger partial charge in [0, 0.05) is 36.2 Å². The van der Waals surface area contributed by atoms with Gasteiger partial charge in [0.2, 0.25) is 0 Å². The zero-order valence-corrected chi connectivity index (χ0v) is 21.3. The summed E-state index contributed by atoms with van der Waals surface area (Å²) in [6.07, 6.45) is 6.39. The molecule has 2 unspecified atom stereocenters. The Balaban J connectivity index is 1.17. The first-order valence-electron chi connectivity index (χ1n) is 12.9. The zero-order chi connectivity index (χ0) is 24.8. The first-order valence-corrected chi connectivity index (χ1v) is 13.3. The average molecular weight is 507 g/mol. The molecule has 1 aliphatic carbocycles. The Kier molecular flexibility index (Phi) is 6.36. The molecule has 0 amide bonds. The van der Waals surface area contributed by atoms with Crippen LogP contribution in [0, 0.1) is 6.92 Å².